The first-order valence-electron chi connectivity index (χ1n) is 13.3. The number of benzene rings is 3. The maximum Gasteiger partial charge on any atom is 0.306 e. The molecule has 7 rings (SSSR count). The van der Waals surface area contributed by atoms with Gasteiger partial charge in [-0.3, -0.25) is 24.1 Å². The van der Waals surface area contributed by atoms with Gasteiger partial charge in [0, 0.05) is 30.4 Å². The largest absolute Gasteiger partial charge is 0.457 e. The fourth-order valence-electron chi connectivity index (χ4n) is 6.60. The topological polar surface area (TPSA) is 80.8 Å². The lowest BCUT2D eigenvalue weighted by Gasteiger charge is -2.45. The van der Waals surface area contributed by atoms with Gasteiger partial charge < -0.3 is 4.74 Å². The molecule has 0 N–H and O–H groups in total. The minimum absolute atomic E-state index is 0.0714. The van der Waals surface area contributed by atoms with Gasteiger partial charge in [-0.2, -0.15) is 0 Å². The van der Waals surface area contributed by atoms with Crippen LogP contribution in [0.2, 0.25) is 0 Å². The highest BCUT2D eigenvalue weighted by Gasteiger charge is 2.61. The van der Waals surface area contributed by atoms with Gasteiger partial charge in [0.25, 0.3) is 0 Å². The number of nitrogens with zero attached hydrogens (tertiary/aromatic N) is 1. The van der Waals surface area contributed by atoms with Gasteiger partial charge in [-0.15, -0.1) is 0 Å². The Hall–Kier alpha value is -4.06. The van der Waals surface area contributed by atoms with Gasteiger partial charge >= 0.3 is 5.97 Å². The van der Waals surface area contributed by atoms with Crippen LogP contribution < -0.4 is 0 Å². The second-order valence-corrected chi connectivity index (χ2v) is 10.4. The second-order valence-electron chi connectivity index (χ2n) is 10.4. The Bertz CT molecular complexity index is 1300. The van der Waals surface area contributed by atoms with Crippen LogP contribution in [0.25, 0.3) is 0 Å². The SMILES string of the molecule is O=C(CCCCCN1C(=O)C2C3c4ccccc4C(c4ccccc43)C2C1=O)OCC(=O)c1ccccc1. The van der Waals surface area contributed by atoms with Crippen molar-refractivity contribution < 1.29 is 23.9 Å². The highest BCUT2D eigenvalue weighted by molar-refractivity contribution is 6.07. The predicted molar refractivity (Wildman–Crippen MR) is 140 cm³/mol. The van der Waals surface area contributed by atoms with Gasteiger partial charge in [0.2, 0.25) is 11.8 Å². The molecule has 38 heavy (non-hydrogen) atoms. The van der Waals surface area contributed by atoms with Gasteiger partial charge in [-0.05, 0) is 35.1 Å². The standard InChI is InChI=1S/C32H29NO5/c34-25(20-11-3-1-4-12-20)19-38-26(35)17-5-2-10-18-33-31(36)29-27-21-13-6-7-14-22(21)28(30(29)32(33)37)24-16-9-8-15-23(24)27/h1,3-4,6-9,11-16,27-30H,2,5,10,17-19H2. The Morgan fingerprint density at radius 1 is 0.658 bits per heavy atom. The van der Waals surface area contributed by atoms with Crippen LogP contribution in [0.4, 0.5) is 0 Å². The average Bonchev–Trinajstić information content (AvgIpc) is 3.21. The third-order valence-electron chi connectivity index (χ3n) is 8.26. The van der Waals surface area contributed by atoms with E-state index in [9.17, 15) is 19.2 Å². The van der Waals surface area contributed by atoms with Crippen molar-refractivity contribution in [1.29, 1.82) is 0 Å². The highest BCUT2D eigenvalue weighted by Crippen LogP contribution is 2.60. The Morgan fingerprint density at radius 2 is 1.16 bits per heavy atom. The third kappa shape index (κ3) is 4.05. The van der Waals surface area contributed by atoms with E-state index < -0.39 is 5.97 Å². The first-order chi connectivity index (χ1) is 18.6. The number of amides is 2. The molecule has 0 radical (unpaired) electrons. The first kappa shape index (κ1) is 24.3. The van der Waals surface area contributed by atoms with Crippen molar-refractivity contribution in [2.24, 2.45) is 11.8 Å². The number of ketones is 1. The molecular weight excluding hydrogens is 478 g/mol. The summed E-state index contributed by atoms with van der Waals surface area (Å²) < 4.78 is 5.12. The van der Waals surface area contributed by atoms with E-state index in [4.69, 9.17) is 4.74 Å². The summed E-state index contributed by atoms with van der Waals surface area (Å²) in [6, 6.07) is 25.2. The van der Waals surface area contributed by atoms with E-state index in [1.165, 1.54) is 27.2 Å². The average molecular weight is 508 g/mol. The molecule has 1 aliphatic heterocycles. The molecule has 6 nitrogen and oxygen atoms in total. The Kier molecular flexibility index (Phi) is 6.40. The molecule has 2 bridgehead atoms. The van der Waals surface area contributed by atoms with Crippen molar-refractivity contribution >= 4 is 23.6 Å². The third-order valence-corrected chi connectivity index (χ3v) is 8.26. The molecule has 4 aliphatic rings. The molecule has 3 aromatic rings. The zero-order valence-electron chi connectivity index (χ0n) is 21.0. The van der Waals surface area contributed by atoms with Crippen molar-refractivity contribution in [3.8, 4) is 0 Å². The van der Waals surface area contributed by atoms with Crippen molar-refractivity contribution in [1.82, 2.24) is 4.90 Å². The summed E-state index contributed by atoms with van der Waals surface area (Å²) in [7, 11) is 0. The summed E-state index contributed by atoms with van der Waals surface area (Å²) in [6.45, 7) is 0.0911. The van der Waals surface area contributed by atoms with Gasteiger partial charge in [-0.1, -0.05) is 85.3 Å². The zero-order valence-corrected chi connectivity index (χ0v) is 21.0. The van der Waals surface area contributed by atoms with Crippen LogP contribution in [0, 0.1) is 11.8 Å². The number of unbranched alkanes of at least 4 members (excludes halogenated alkanes) is 2. The normalized spacial score (nSPS) is 22.6. The van der Waals surface area contributed by atoms with Gasteiger partial charge in [0.05, 0.1) is 11.8 Å². The van der Waals surface area contributed by atoms with E-state index in [0.717, 1.165) is 0 Å². The Morgan fingerprint density at radius 3 is 1.68 bits per heavy atom. The second kappa shape index (κ2) is 10.0. The molecule has 1 saturated heterocycles. The fraction of sp³-hybridized carbons (Fsp3) is 0.312. The summed E-state index contributed by atoms with van der Waals surface area (Å²) in [6.07, 6.45) is 2.08. The lowest BCUT2D eigenvalue weighted by molar-refractivity contribution is -0.143. The molecule has 6 heteroatoms. The van der Waals surface area contributed by atoms with E-state index >= 15 is 0 Å². The van der Waals surface area contributed by atoms with Crippen LogP contribution in [0.3, 0.4) is 0 Å². The number of rotatable bonds is 9. The number of carbonyl (C=O) groups is 4. The van der Waals surface area contributed by atoms with Crippen LogP contribution in [-0.2, 0) is 19.1 Å². The molecule has 0 saturated carbocycles. The lowest BCUT2D eigenvalue weighted by Crippen LogP contribution is -2.41. The molecule has 1 heterocycles. The van der Waals surface area contributed by atoms with Crippen LogP contribution in [0.15, 0.2) is 78.9 Å². The van der Waals surface area contributed by atoms with E-state index in [2.05, 4.69) is 24.3 Å². The minimum atomic E-state index is -0.416. The van der Waals surface area contributed by atoms with E-state index in [-0.39, 0.29) is 54.3 Å². The zero-order chi connectivity index (χ0) is 26.2. The van der Waals surface area contributed by atoms with Crippen molar-refractivity contribution in [2.75, 3.05) is 13.2 Å². The maximum absolute atomic E-state index is 13.6. The summed E-state index contributed by atoms with van der Waals surface area (Å²) >= 11 is 0. The monoisotopic (exact) mass is 507 g/mol. The predicted octanol–water partition coefficient (Wildman–Crippen LogP) is 4.87. The summed E-state index contributed by atoms with van der Waals surface area (Å²) in [5.74, 6) is -1.68. The number of likely N-dealkylation sites (tertiary alicyclic amines) is 1. The van der Waals surface area contributed by atoms with Crippen molar-refractivity contribution in [2.45, 2.75) is 37.5 Å². The van der Waals surface area contributed by atoms with Gasteiger partial charge in [0.1, 0.15) is 0 Å². The molecule has 1 fully saturated rings. The quantitative estimate of drug-likeness (QED) is 0.179. The van der Waals surface area contributed by atoms with Crippen LogP contribution in [0.1, 0.15) is 70.1 Å². The molecule has 3 aromatic carbocycles. The smallest absolute Gasteiger partial charge is 0.306 e. The van der Waals surface area contributed by atoms with Crippen LogP contribution in [0.5, 0.6) is 0 Å². The molecule has 192 valence electrons. The fourth-order valence-corrected chi connectivity index (χ4v) is 6.60. The Labute approximate surface area is 221 Å². The van der Waals surface area contributed by atoms with Crippen molar-refractivity contribution in [3.63, 3.8) is 0 Å². The molecule has 2 atom stereocenters. The van der Waals surface area contributed by atoms with Crippen molar-refractivity contribution in [3.05, 3.63) is 107 Å². The minimum Gasteiger partial charge on any atom is -0.457 e. The highest BCUT2D eigenvalue weighted by atomic mass is 16.5. The lowest BCUT2D eigenvalue weighted by atomic mass is 9.55. The summed E-state index contributed by atoms with van der Waals surface area (Å²) in [5, 5.41) is 0. The summed E-state index contributed by atoms with van der Waals surface area (Å²) in [5.41, 5.74) is 5.20. The molecule has 0 spiro atoms. The van der Waals surface area contributed by atoms with Crippen LogP contribution in [-0.4, -0.2) is 41.6 Å². The Balaban J connectivity index is 1.04. The van der Waals surface area contributed by atoms with Crippen LogP contribution >= 0.6 is 0 Å². The molecule has 0 aromatic heterocycles. The molecular formula is C32H29NO5. The van der Waals surface area contributed by atoms with Gasteiger partial charge in [0.15, 0.2) is 12.4 Å². The first-order valence-corrected chi connectivity index (χ1v) is 13.3. The number of imide groups is 1. The number of esters is 1. The molecule has 3 aliphatic carbocycles. The van der Waals surface area contributed by atoms with E-state index in [1.807, 2.05) is 30.3 Å². The number of carbonyl (C=O) groups excluding carboxylic acids is 4. The molecule has 2 amide bonds. The van der Waals surface area contributed by atoms with E-state index in [1.54, 1.807) is 24.3 Å². The van der Waals surface area contributed by atoms with Gasteiger partial charge in [-0.25, -0.2) is 0 Å². The number of Topliss-reactive ketones (excluding diaryl/α,β-unsaturated/α-hetero) is 1. The summed E-state index contributed by atoms with van der Waals surface area (Å²) in [4.78, 5) is 52.8. The number of ether oxygens (including phenoxy) is 1. The number of hydrogen-bond acceptors (Lipinski definition) is 5. The van der Waals surface area contributed by atoms with E-state index in [0.29, 0.717) is 31.4 Å². The maximum atomic E-state index is 13.6. The molecule has 2 unspecified atom stereocenters. The number of hydrogen-bond donors (Lipinski definition) is 0.